The number of ether oxygens (including phenoxy) is 1. The zero-order valence-corrected chi connectivity index (χ0v) is 25.1. The molecule has 4 atom stereocenters. The van der Waals surface area contributed by atoms with Gasteiger partial charge in [-0.05, 0) is 93.5 Å². The monoisotopic (exact) mass is 581 g/mol. The Labute approximate surface area is 247 Å². The number of aliphatic hydroxyl groups is 1. The molecule has 220 valence electrons. The van der Waals surface area contributed by atoms with Crippen molar-refractivity contribution < 1.29 is 23.8 Å². The van der Waals surface area contributed by atoms with E-state index in [0.717, 1.165) is 49.7 Å². The first-order chi connectivity index (χ1) is 19.6. The maximum atomic E-state index is 14.7. The summed E-state index contributed by atoms with van der Waals surface area (Å²) in [4.78, 5) is 28.8. The summed E-state index contributed by atoms with van der Waals surface area (Å²) < 4.78 is 21.0. The molecule has 7 heteroatoms. The van der Waals surface area contributed by atoms with Gasteiger partial charge in [-0.2, -0.15) is 0 Å². The molecule has 4 aliphatic rings. The first-order valence-corrected chi connectivity index (χ1v) is 15.3. The fraction of sp³-hybridized carbons (Fsp3) is 0.529. The van der Waals surface area contributed by atoms with E-state index in [-0.39, 0.29) is 34.8 Å². The summed E-state index contributed by atoms with van der Waals surface area (Å²) in [7, 11) is 0. The zero-order valence-electron chi connectivity index (χ0n) is 24.3. The van der Waals surface area contributed by atoms with E-state index in [9.17, 15) is 19.1 Å². The molecule has 1 spiro atoms. The number of aliphatic hydroxyl groups excluding tert-OH is 1. The third-order valence-corrected chi connectivity index (χ3v) is 10.2. The lowest BCUT2D eigenvalue weighted by Crippen LogP contribution is -2.48. The topological polar surface area (TPSA) is 66.8 Å². The molecular weight excluding hydrogens is 541 g/mol. The first kappa shape index (κ1) is 29.8. The highest BCUT2D eigenvalue weighted by atomic mass is 35.5. The lowest BCUT2D eigenvalue weighted by molar-refractivity contribution is -0.0373. The van der Waals surface area contributed by atoms with Crippen molar-refractivity contribution in [2.75, 3.05) is 13.1 Å². The molecule has 2 aromatic rings. The highest BCUT2D eigenvalue weighted by molar-refractivity contribution is 6.31. The molecule has 2 aromatic carbocycles. The average Bonchev–Trinajstić information content (AvgIpc) is 3.39. The molecule has 0 aromatic heterocycles. The maximum absolute atomic E-state index is 14.7. The number of hydrogen-bond acceptors (Lipinski definition) is 4. The molecule has 1 amide bonds. The third-order valence-electron chi connectivity index (χ3n) is 9.82. The highest BCUT2D eigenvalue weighted by Gasteiger charge is 2.63. The number of rotatable bonds is 5. The van der Waals surface area contributed by atoms with E-state index in [4.69, 9.17) is 16.3 Å². The van der Waals surface area contributed by atoms with Crippen LogP contribution >= 0.6 is 11.6 Å². The van der Waals surface area contributed by atoms with Crippen LogP contribution in [0.3, 0.4) is 0 Å². The summed E-state index contributed by atoms with van der Waals surface area (Å²) in [6.45, 7) is 7.60. The van der Waals surface area contributed by atoms with Gasteiger partial charge in [0, 0.05) is 34.5 Å². The van der Waals surface area contributed by atoms with Gasteiger partial charge in [0.05, 0.1) is 12.6 Å². The minimum atomic E-state index is -0.646. The number of allylic oxidation sites excluding steroid dienone is 2. The van der Waals surface area contributed by atoms with Crippen LogP contribution in [0, 0.1) is 11.2 Å². The number of nitrogens with zero attached hydrogens (tertiary/aromatic N) is 1. The molecule has 2 fully saturated rings. The molecule has 0 radical (unpaired) electrons. The van der Waals surface area contributed by atoms with Crippen molar-refractivity contribution in [3.63, 3.8) is 0 Å². The predicted octanol–water partition coefficient (Wildman–Crippen LogP) is 7.81. The number of benzene rings is 2. The van der Waals surface area contributed by atoms with E-state index >= 15 is 0 Å². The Morgan fingerprint density at radius 2 is 2.02 bits per heavy atom. The number of hydrogen-bond donors (Lipinski definition) is 1. The van der Waals surface area contributed by atoms with Crippen LogP contribution in [0.5, 0.6) is 0 Å². The summed E-state index contributed by atoms with van der Waals surface area (Å²) in [6, 6.07) is 10.4. The van der Waals surface area contributed by atoms with Crippen LogP contribution in [0.2, 0.25) is 5.02 Å². The maximum Gasteiger partial charge on any atom is 0.410 e. The fourth-order valence-corrected chi connectivity index (χ4v) is 7.66. The van der Waals surface area contributed by atoms with Crippen LogP contribution in [-0.2, 0) is 17.6 Å². The van der Waals surface area contributed by atoms with Crippen LogP contribution in [0.4, 0.5) is 9.18 Å². The molecule has 1 aliphatic heterocycles. The van der Waals surface area contributed by atoms with Gasteiger partial charge >= 0.3 is 6.09 Å². The van der Waals surface area contributed by atoms with E-state index in [1.165, 1.54) is 17.7 Å². The Hall–Kier alpha value is -2.70. The number of fused-ring (bicyclic) bond motifs is 8. The second-order valence-electron chi connectivity index (χ2n) is 12.5. The SMILES string of the molecule is CCCN1CC2(CCC3c4ccc(cc4C(=O)Cc4c(F)cccc4Cl)CC(O)CCC(C)=CCCC32C)OC1=O. The van der Waals surface area contributed by atoms with Crippen molar-refractivity contribution in [2.24, 2.45) is 5.41 Å². The molecule has 1 saturated carbocycles. The summed E-state index contributed by atoms with van der Waals surface area (Å²) in [5, 5.41) is 11.0. The Morgan fingerprint density at radius 3 is 2.78 bits per heavy atom. The van der Waals surface area contributed by atoms with E-state index in [2.05, 4.69) is 26.8 Å². The largest absolute Gasteiger partial charge is 0.440 e. The van der Waals surface area contributed by atoms with Gasteiger partial charge in [-0.15, -0.1) is 0 Å². The Bertz CT molecular complexity index is 1340. The molecule has 1 heterocycles. The molecule has 1 saturated heterocycles. The number of ketones is 1. The highest BCUT2D eigenvalue weighted by Crippen LogP contribution is 2.61. The second kappa shape index (κ2) is 11.9. The quantitative estimate of drug-likeness (QED) is 0.289. The zero-order chi connectivity index (χ0) is 29.4. The van der Waals surface area contributed by atoms with Gasteiger partial charge in [0.1, 0.15) is 11.4 Å². The van der Waals surface area contributed by atoms with Gasteiger partial charge < -0.3 is 14.7 Å². The van der Waals surface area contributed by atoms with Gasteiger partial charge in [0.15, 0.2) is 5.78 Å². The smallest absolute Gasteiger partial charge is 0.410 e. The van der Waals surface area contributed by atoms with Crippen molar-refractivity contribution in [3.8, 4) is 0 Å². The number of halogens is 2. The lowest BCUT2D eigenvalue weighted by Gasteiger charge is -2.43. The van der Waals surface area contributed by atoms with Crippen molar-refractivity contribution >= 4 is 23.5 Å². The van der Waals surface area contributed by atoms with Crippen molar-refractivity contribution in [3.05, 3.63) is 81.1 Å². The summed E-state index contributed by atoms with van der Waals surface area (Å²) in [5.74, 6) is -0.741. The van der Waals surface area contributed by atoms with Crippen LogP contribution in [-0.4, -0.2) is 46.7 Å². The number of Topliss-reactive ketones (excluding diaryl/α,β-unsaturated/α-hetero) is 1. The molecule has 41 heavy (non-hydrogen) atoms. The van der Waals surface area contributed by atoms with Crippen LogP contribution in [0.25, 0.3) is 0 Å². The minimum absolute atomic E-state index is 0.0393. The number of amides is 1. The number of carbonyl (C=O) groups is 2. The molecule has 2 bridgehead atoms. The molecule has 4 unspecified atom stereocenters. The van der Waals surface area contributed by atoms with Crippen LogP contribution < -0.4 is 0 Å². The van der Waals surface area contributed by atoms with Gasteiger partial charge in [-0.25, -0.2) is 9.18 Å². The van der Waals surface area contributed by atoms with Gasteiger partial charge in [-0.1, -0.05) is 55.3 Å². The molecular formula is C34H41ClFNO4. The van der Waals surface area contributed by atoms with Crippen molar-refractivity contribution in [1.29, 1.82) is 0 Å². The summed E-state index contributed by atoms with van der Waals surface area (Å²) >= 11 is 6.32. The lowest BCUT2D eigenvalue weighted by atomic mass is 9.64. The Balaban J connectivity index is 1.60. The standard InChI is InChI=1S/C34H41ClFNO4/c1-4-17-37-21-34(41-32(37)40)16-14-28-25-13-11-23(18-24(38)12-10-22(2)7-6-15-33(28,34)3)19-26(25)31(39)20-27-29(35)8-5-9-30(27)36/h5,7-9,11,13,19,24,28,38H,4,6,10,12,14-18,20-21H2,1-3H3. The van der Waals surface area contributed by atoms with Gasteiger partial charge in [0.25, 0.3) is 0 Å². The molecule has 6 rings (SSSR count). The van der Waals surface area contributed by atoms with Crippen LogP contribution in [0.1, 0.15) is 98.7 Å². The van der Waals surface area contributed by atoms with Crippen molar-refractivity contribution in [2.45, 2.75) is 96.2 Å². The summed E-state index contributed by atoms with van der Waals surface area (Å²) in [6.07, 6.45) is 7.13. The van der Waals surface area contributed by atoms with Crippen LogP contribution in [0.15, 0.2) is 48.0 Å². The molecule has 1 N–H and O–H groups in total. The number of carbonyl (C=O) groups excluding carboxylic acids is 2. The van der Waals surface area contributed by atoms with E-state index in [1.54, 1.807) is 6.07 Å². The second-order valence-corrected chi connectivity index (χ2v) is 12.9. The van der Waals surface area contributed by atoms with Gasteiger partial charge in [-0.3, -0.25) is 4.79 Å². The fourth-order valence-electron chi connectivity index (χ4n) is 7.43. The molecule has 3 aliphatic carbocycles. The van der Waals surface area contributed by atoms with E-state index in [1.807, 2.05) is 23.1 Å². The van der Waals surface area contributed by atoms with Gasteiger partial charge in [0.2, 0.25) is 0 Å². The van der Waals surface area contributed by atoms with Crippen molar-refractivity contribution in [1.82, 2.24) is 4.90 Å². The Morgan fingerprint density at radius 1 is 1.22 bits per heavy atom. The minimum Gasteiger partial charge on any atom is -0.440 e. The normalized spacial score (nSPS) is 28.4. The first-order valence-electron chi connectivity index (χ1n) is 15.0. The summed E-state index contributed by atoms with van der Waals surface area (Å²) in [5.41, 5.74) is 2.69. The molecule has 5 nitrogen and oxygen atoms in total. The Kier molecular flexibility index (Phi) is 8.63. The third kappa shape index (κ3) is 5.70. The van der Waals surface area contributed by atoms with E-state index in [0.29, 0.717) is 31.5 Å². The van der Waals surface area contributed by atoms with E-state index < -0.39 is 22.9 Å². The average molecular weight is 582 g/mol. The predicted molar refractivity (Wildman–Crippen MR) is 159 cm³/mol.